The average Bonchev–Trinajstić information content (AvgIpc) is 2.95. The van der Waals surface area contributed by atoms with E-state index in [1.807, 2.05) is 25.3 Å². The highest BCUT2D eigenvalue weighted by Gasteiger charge is 2.39. The Hall–Kier alpha value is -1.36. The molecule has 20 heavy (non-hydrogen) atoms. The summed E-state index contributed by atoms with van der Waals surface area (Å²) >= 11 is 1.69. The molecule has 5 heteroatoms. The molecule has 0 saturated carbocycles. The second-order valence-electron chi connectivity index (χ2n) is 5.41. The highest BCUT2D eigenvalue weighted by Crippen LogP contribution is 2.19. The van der Waals surface area contributed by atoms with Crippen LogP contribution < -0.4 is 5.32 Å². The number of hydrogen-bond acceptors (Lipinski definition) is 3. The van der Waals surface area contributed by atoms with Crippen molar-refractivity contribution in [2.24, 2.45) is 5.92 Å². The predicted molar refractivity (Wildman–Crippen MR) is 80.6 cm³/mol. The molecule has 1 aliphatic rings. The molecule has 0 radical (unpaired) electrons. The molecule has 0 aromatic carbocycles. The van der Waals surface area contributed by atoms with Gasteiger partial charge in [0.05, 0.1) is 0 Å². The lowest BCUT2D eigenvalue weighted by molar-refractivity contribution is -0.150. The number of nitrogens with zero attached hydrogens (tertiary/aromatic N) is 1. The Kier molecular flexibility index (Phi) is 4.81. The quantitative estimate of drug-likeness (QED) is 0.903. The van der Waals surface area contributed by atoms with Crippen molar-refractivity contribution >= 4 is 23.2 Å². The molecule has 2 rings (SSSR count). The van der Waals surface area contributed by atoms with E-state index in [4.69, 9.17) is 0 Å². The van der Waals surface area contributed by atoms with Crippen molar-refractivity contribution in [1.29, 1.82) is 0 Å². The Balaban J connectivity index is 2.07. The molecular weight excluding hydrogens is 272 g/mol. The maximum Gasteiger partial charge on any atom is 0.246 e. The van der Waals surface area contributed by atoms with E-state index >= 15 is 0 Å². The zero-order valence-electron chi connectivity index (χ0n) is 12.3. The fraction of sp³-hybridized carbons (Fsp3) is 0.600. The van der Waals surface area contributed by atoms with E-state index in [2.05, 4.69) is 11.4 Å². The second-order valence-corrected chi connectivity index (χ2v) is 6.44. The molecule has 110 valence electrons. The van der Waals surface area contributed by atoms with Crippen molar-refractivity contribution in [3.63, 3.8) is 0 Å². The summed E-state index contributed by atoms with van der Waals surface area (Å²) in [6.45, 7) is 6.46. The first kappa shape index (κ1) is 15.0. The first-order valence-corrected chi connectivity index (χ1v) is 8.05. The molecule has 2 heterocycles. The third-order valence-corrected chi connectivity index (χ3v) is 5.02. The monoisotopic (exact) mass is 294 g/mol. The minimum absolute atomic E-state index is 0.0407. The Morgan fingerprint density at radius 1 is 1.45 bits per heavy atom. The lowest BCUT2D eigenvalue weighted by atomic mass is 9.94. The zero-order chi connectivity index (χ0) is 14.7. The van der Waals surface area contributed by atoms with Crippen LogP contribution in [0.15, 0.2) is 17.5 Å². The largest absolute Gasteiger partial charge is 0.342 e. The van der Waals surface area contributed by atoms with Gasteiger partial charge in [0.2, 0.25) is 11.8 Å². The van der Waals surface area contributed by atoms with Crippen molar-refractivity contribution in [3.8, 4) is 0 Å². The third-order valence-electron chi connectivity index (χ3n) is 4.09. The Bertz CT molecular complexity index is 472. The highest BCUT2D eigenvalue weighted by atomic mass is 32.1. The van der Waals surface area contributed by atoms with Crippen molar-refractivity contribution in [1.82, 2.24) is 10.2 Å². The molecule has 3 atom stereocenters. The number of hydrogen-bond donors (Lipinski definition) is 1. The lowest BCUT2D eigenvalue weighted by Crippen LogP contribution is -2.64. The Labute approximate surface area is 124 Å². The van der Waals surface area contributed by atoms with Gasteiger partial charge in [0, 0.05) is 11.4 Å². The van der Waals surface area contributed by atoms with Gasteiger partial charge in [-0.25, -0.2) is 0 Å². The summed E-state index contributed by atoms with van der Waals surface area (Å²) in [4.78, 5) is 27.6. The molecule has 1 aromatic rings. The summed E-state index contributed by atoms with van der Waals surface area (Å²) in [5, 5.41) is 4.90. The van der Waals surface area contributed by atoms with Crippen LogP contribution in [0.4, 0.5) is 0 Å². The molecule has 4 nitrogen and oxygen atoms in total. The summed E-state index contributed by atoms with van der Waals surface area (Å²) in [5.74, 6) is 0.187. The zero-order valence-corrected chi connectivity index (χ0v) is 13.1. The van der Waals surface area contributed by atoms with Gasteiger partial charge in [-0.15, -0.1) is 11.3 Å². The standard InChI is InChI=1S/C15H22N2O2S/c1-4-10(2)13-15(19)17(11(3)14(18)16-13)8-7-12-6-5-9-20-12/h5-6,9-11,13H,4,7-8H2,1-3H3,(H,16,18). The van der Waals surface area contributed by atoms with Crippen molar-refractivity contribution in [3.05, 3.63) is 22.4 Å². The van der Waals surface area contributed by atoms with Gasteiger partial charge >= 0.3 is 0 Å². The predicted octanol–water partition coefficient (Wildman–Crippen LogP) is 2.05. The van der Waals surface area contributed by atoms with Gasteiger partial charge in [0.1, 0.15) is 12.1 Å². The van der Waals surface area contributed by atoms with E-state index in [1.165, 1.54) is 4.88 Å². The molecule has 1 saturated heterocycles. The highest BCUT2D eigenvalue weighted by molar-refractivity contribution is 7.09. The smallest absolute Gasteiger partial charge is 0.246 e. The van der Waals surface area contributed by atoms with Crippen LogP contribution in [-0.4, -0.2) is 35.3 Å². The summed E-state index contributed by atoms with van der Waals surface area (Å²) < 4.78 is 0. The van der Waals surface area contributed by atoms with Gasteiger partial charge in [-0.2, -0.15) is 0 Å². The first-order chi connectivity index (χ1) is 9.54. The summed E-state index contributed by atoms with van der Waals surface area (Å²) in [6.07, 6.45) is 1.69. The topological polar surface area (TPSA) is 49.4 Å². The van der Waals surface area contributed by atoms with E-state index in [-0.39, 0.29) is 29.8 Å². The number of amides is 2. The van der Waals surface area contributed by atoms with Crippen LogP contribution >= 0.6 is 11.3 Å². The normalized spacial score (nSPS) is 24.6. The number of nitrogens with one attached hydrogen (secondary N) is 1. The minimum atomic E-state index is -0.372. The number of rotatable bonds is 5. The van der Waals surface area contributed by atoms with Crippen LogP contribution in [0.2, 0.25) is 0 Å². The van der Waals surface area contributed by atoms with Crippen LogP contribution in [0.1, 0.15) is 32.1 Å². The molecule has 0 spiro atoms. The molecule has 0 aliphatic carbocycles. The van der Waals surface area contributed by atoms with Crippen LogP contribution in [-0.2, 0) is 16.0 Å². The summed E-state index contributed by atoms with van der Waals surface area (Å²) in [7, 11) is 0. The van der Waals surface area contributed by atoms with E-state index < -0.39 is 0 Å². The number of carbonyl (C=O) groups excluding carboxylic acids is 2. The van der Waals surface area contributed by atoms with Crippen molar-refractivity contribution in [2.45, 2.75) is 45.7 Å². The summed E-state index contributed by atoms with van der Waals surface area (Å²) in [5.41, 5.74) is 0. The van der Waals surface area contributed by atoms with Crippen molar-refractivity contribution in [2.75, 3.05) is 6.54 Å². The first-order valence-electron chi connectivity index (χ1n) is 7.17. The van der Waals surface area contributed by atoms with Gasteiger partial charge in [-0.3, -0.25) is 9.59 Å². The maximum atomic E-state index is 12.6. The van der Waals surface area contributed by atoms with Crippen LogP contribution in [0.25, 0.3) is 0 Å². The number of carbonyl (C=O) groups is 2. The molecular formula is C15H22N2O2S. The van der Waals surface area contributed by atoms with Gasteiger partial charge in [0.25, 0.3) is 0 Å². The van der Waals surface area contributed by atoms with E-state index in [0.29, 0.717) is 6.54 Å². The fourth-order valence-corrected chi connectivity index (χ4v) is 3.16. The number of thiophene rings is 1. The van der Waals surface area contributed by atoms with Gasteiger partial charge in [-0.1, -0.05) is 26.3 Å². The van der Waals surface area contributed by atoms with Crippen LogP contribution in [0, 0.1) is 5.92 Å². The molecule has 3 unspecified atom stereocenters. The molecule has 1 fully saturated rings. The SMILES string of the molecule is CCC(C)C1NC(=O)C(C)N(CCc2cccs2)C1=O. The fourth-order valence-electron chi connectivity index (χ4n) is 2.46. The maximum absolute atomic E-state index is 12.6. The van der Waals surface area contributed by atoms with Crippen LogP contribution in [0.5, 0.6) is 0 Å². The van der Waals surface area contributed by atoms with E-state index in [9.17, 15) is 9.59 Å². The molecule has 1 aromatic heterocycles. The van der Waals surface area contributed by atoms with Crippen molar-refractivity contribution < 1.29 is 9.59 Å². The van der Waals surface area contributed by atoms with Crippen LogP contribution in [0.3, 0.4) is 0 Å². The minimum Gasteiger partial charge on any atom is -0.342 e. The second kappa shape index (κ2) is 6.39. The van der Waals surface area contributed by atoms with E-state index in [1.54, 1.807) is 23.2 Å². The molecule has 2 amide bonds. The molecule has 1 N–H and O–H groups in total. The summed E-state index contributed by atoms with van der Waals surface area (Å²) in [6, 6.07) is 3.33. The number of piperazine rings is 1. The average molecular weight is 294 g/mol. The van der Waals surface area contributed by atoms with E-state index in [0.717, 1.165) is 12.8 Å². The Morgan fingerprint density at radius 3 is 2.80 bits per heavy atom. The van der Waals surface area contributed by atoms with Gasteiger partial charge < -0.3 is 10.2 Å². The lowest BCUT2D eigenvalue weighted by Gasteiger charge is -2.39. The van der Waals surface area contributed by atoms with Gasteiger partial charge in [-0.05, 0) is 30.7 Å². The third kappa shape index (κ3) is 3.03. The molecule has 0 bridgehead atoms. The molecule has 1 aliphatic heterocycles. The Morgan fingerprint density at radius 2 is 2.20 bits per heavy atom. The van der Waals surface area contributed by atoms with Gasteiger partial charge in [0.15, 0.2) is 0 Å².